The normalized spacial score (nSPS) is 25.4. The molecular formula is C14H20ClNO2S. The van der Waals surface area contributed by atoms with Crippen molar-refractivity contribution in [2.75, 3.05) is 6.26 Å². The minimum atomic E-state index is -2.99. The lowest BCUT2D eigenvalue weighted by atomic mass is 10.1. The Hall–Kier alpha value is -0.580. The molecule has 1 aliphatic rings. The molecule has 0 heterocycles. The summed E-state index contributed by atoms with van der Waals surface area (Å²) >= 11 is 6.17. The van der Waals surface area contributed by atoms with Gasteiger partial charge in [0.15, 0.2) is 9.84 Å². The van der Waals surface area contributed by atoms with E-state index in [-0.39, 0.29) is 17.3 Å². The molecule has 1 N–H and O–H groups in total. The number of halogens is 1. The number of nitrogens with one attached hydrogen (secondary N) is 1. The third kappa shape index (κ3) is 3.50. The summed E-state index contributed by atoms with van der Waals surface area (Å²) in [6, 6.07) is 7.76. The van der Waals surface area contributed by atoms with Gasteiger partial charge in [0, 0.05) is 23.4 Å². The molecule has 1 aromatic carbocycles. The largest absolute Gasteiger partial charge is 0.306 e. The molecule has 2 rings (SSSR count). The molecule has 0 saturated heterocycles. The highest BCUT2D eigenvalue weighted by Gasteiger charge is 2.35. The fraction of sp³-hybridized carbons (Fsp3) is 0.571. The van der Waals surface area contributed by atoms with E-state index in [4.69, 9.17) is 11.6 Å². The first-order chi connectivity index (χ1) is 8.89. The summed E-state index contributed by atoms with van der Waals surface area (Å²) in [7, 11) is -2.99. The minimum absolute atomic E-state index is 0.0290. The summed E-state index contributed by atoms with van der Waals surface area (Å²) in [5, 5.41) is 3.88. The predicted octanol–water partition coefficient (Wildman–Crippen LogP) is 2.96. The summed E-state index contributed by atoms with van der Waals surface area (Å²) < 4.78 is 23.5. The third-order valence-corrected chi connectivity index (χ3v) is 5.85. The second kappa shape index (κ2) is 5.81. The fourth-order valence-electron chi connectivity index (χ4n) is 2.87. The van der Waals surface area contributed by atoms with Gasteiger partial charge in [-0.2, -0.15) is 0 Å². The van der Waals surface area contributed by atoms with Crippen LogP contribution in [0.4, 0.5) is 0 Å². The van der Waals surface area contributed by atoms with Crippen LogP contribution in [0.5, 0.6) is 0 Å². The van der Waals surface area contributed by atoms with E-state index in [2.05, 4.69) is 5.32 Å². The quantitative estimate of drug-likeness (QED) is 0.930. The second-order valence-corrected chi connectivity index (χ2v) is 7.99. The third-order valence-electron chi connectivity index (χ3n) is 3.84. The molecular weight excluding hydrogens is 282 g/mol. The number of hydrogen-bond acceptors (Lipinski definition) is 3. The zero-order valence-electron chi connectivity index (χ0n) is 11.3. The molecule has 106 valence electrons. The second-order valence-electron chi connectivity index (χ2n) is 5.32. The van der Waals surface area contributed by atoms with E-state index in [0.717, 1.165) is 29.8 Å². The molecule has 5 heteroatoms. The summed E-state index contributed by atoms with van der Waals surface area (Å²) in [4.78, 5) is 0. The van der Waals surface area contributed by atoms with Crippen LogP contribution in [-0.2, 0) is 9.84 Å². The molecule has 2 unspecified atom stereocenters. The van der Waals surface area contributed by atoms with Crippen LogP contribution in [0.15, 0.2) is 24.3 Å². The monoisotopic (exact) mass is 301 g/mol. The maximum absolute atomic E-state index is 11.8. The highest BCUT2D eigenvalue weighted by atomic mass is 35.5. The van der Waals surface area contributed by atoms with Crippen LogP contribution in [0.25, 0.3) is 0 Å². The number of rotatable bonds is 4. The van der Waals surface area contributed by atoms with E-state index in [1.807, 2.05) is 31.2 Å². The zero-order chi connectivity index (χ0) is 14.0. The van der Waals surface area contributed by atoms with Crippen LogP contribution in [0.3, 0.4) is 0 Å². The molecule has 3 nitrogen and oxygen atoms in total. The first-order valence-corrected chi connectivity index (χ1v) is 8.92. The van der Waals surface area contributed by atoms with Gasteiger partial charge in [-0.05, 0) is 31.4 Å². The average molecular weight is 302 g/mol. The van der Waals surface area contributed by atoms with Gasteiger partial charge in [0.2, 0.25) is 0 Å². The molecule has 0 amide bonds. The van der Waals surface area contributed by atoms with Gasteiger partial charge in [0.25, 0.3) is 0 Å². The number of benzene rings is 1. The Labute approximate surface area is 120 Å². The minimum Gasteiger partial charge on any atom is -0.306 e. The smallest absolute Gasteiger partial charge is 0.151 e. The van der Waals surface area contributed by atoms with Crippen molar-refractivity contribution in [1.82, 2.24) is 5.32 Å². The van der Waals surface area contributed by atoms with Gasteiger partial charge >= 0.3 is 0 Å². The molecule has 3 atom stereocenters. The Morgan fingerprint density at radius 1 is 1.32 bits per heavy atom. The van der Waals surface area contributed by atoms with Gasteiger partial charge in [-0.15, -0.1) is 0 Å². The van der Waals surface area contributed by atoms with Gasteiger partial charge in [-0.3, -0.25) is 0 Å². The van der Waals surface area contributed by atoms with E-state index in [0.29, 0.717) is 0 Å². The SMILES string of the molecule is C[C@@H](NC1CCCC1S(C)(=O)=O)c1ccccc1Cl. The fourth-order valence-corrected chi connectivity index (χ4v) is 4.57. The first-order valence-electron chi connectivity index (χ1n) is 6.59. The van der Waals surface area contributed by atoms with Crippen molar-refractivity contribution in [2.24, 2.45) is 0 Å². The standard InChI is InChI=1S/C14H20ClNO2S/c1-10(11-6-3-4-7-12(11)15)16-13-8-5-9-14(13)19(2,17)18/h3-4,6-7,10,13-14,16H,5,8-9H2,1-2H3/t10-,13?,14?/m1/s1. The molecule has 1 fully saturated rings. The molecule has 0 spiro atoms. The van der Waals surface area contributed by atoms with Crippen molar-refractivity contribution in [3.63, 3.8) is 0 Å². The van der Waals surface area contributed by atoms with Crippen LogP contribution < -0.4 is 5.32 Å². The molecule has 1 aromatic rings. The van der Waals surface area contributed by atoms with Crippen LogP contribution >= 0.6 is 11.6 Å². The lowest BCUT2D eigenvalue weighted by Crippen LogP contribution is -2.41. The molecule has 19 heavy (non-hydrogen) atoms. The maximum atomic E-state index is 11.8. The van der Waals surface area contributed by atoms with Gasteiger partial charge < -0.3 is 5.32 Å². The number of hydrogen-bond donors (Lipinski definition) is 1. The zero-order valence-corrected chi connectivity index (χ0v) is 12.8. The molecule has 0 radical (unpaired) electrons. The highest BCUT2D eigenvalue weighted by molar-refractivity contribution is 7.91. The lowest BCUT2D eigenvalue weighted by molar-refractivity contribution is 0.456. The van der Waals surface area contributed by atoms with Crippen molar-refractivity contribution >= 4 is 21.4 Å². The van der Waals surface area contributed by atoms with E-state index < -0.39 is 9.84 Å². The van der Waals surface area contributed by atoms with Crippen LogP contribution in [0.2, 0.25) is 5.02 Å². The van der Waals surface area contributed by atoms with E-state index in [9.17, 15) is 8.42 Å². The topological polar surface area (TPSA) is 46.2 Å². The van der Waals surface area contributed by atoms with Gasteiger partial charge in [-0.25, -0.2) is 8.42 Å². The summed E-state index contributed by atoms with van der Waals surface area (Å²) in [6.07, 6.45) is 3.96. The van der Waals surface area contributed by atoms with Crippen molar-refractivity contribution < 1.29 is 8.42 Å². The average Bonchev–Trinajstić information content (AvgIpc) is 2.77. The molecule has 0 aromatic heterocycles. The van der Waals surface area contributed by atoms with Crippen molar-refractivity contribution in [2.45, 2.75) is 43.5 Å². The molecule has 0 bridgehead atoms. The van der Waals surface area contributed by atoms with Crippen molar-refractivity contribution in [1.29, 1.82) is 0 Å². The van der Waals surface area contributed by atoms with E-state index >= 15 is 0 Å². The maximum Gasteiger partial charge on any atom is 0.151 e. The van der Waals surface area contributed by atoms with Crippen molar-refractivity contribution in [3.8, 4) is 0 Å². The Morgan fingerprint density at radius 2 is 2.00 bits per heavy atom. The van der Waals surface area contributed by atoms with Crippen LogP contribution in [0.1, 0.15) is 37.8 Å². The Bertz CT molecular complexity index is 544. The van der Waals surface area contributed by atoms with Gasteiger partial charge in [-0.1, -0.05) is 36.2 Å². The van der Waals surface area contributed by atoms with Gasteiger partial charge in [0.1, 0.15) is 0 Å². The molecule has 1 saturated carbocycles. The Kier molecular flexibility index (Phi) is 4.54. The van der Waals surface area contributed by atoms with E-state index in [1.54, 1.807) is 0 Å². The first kappa shape index (κ1) is 14.8. The lowest BCUT2D eigenvalue weighted by Gasteiger charge is -2.24. The predicted molar refractivity (Wildman–Crippen MR) is 79.3 cm³/mol. The number of sulfone groups is 1. The Balaban J connectivity index is 2.11. The van der Waals surface area contributed by atoms with Crippen molar-refractivity contribution in [3.05, 3.63) is 34.9 Å². The summed E-state index contributed by atoms with van der Waals surface area (Å²) in [5.74, 6) is 0. The van der Waals surface area contributed by atoms with Crippen LogP contribution in [0, 0.1) is 0 Å². The van der Waals surface area contributed by atoms with E-state index in [1.165, 1.54) is 6.26 Å². The van der Waals surface area contributed by atoms with Gasteiger partial charge in [0.05, 0.1) is 5.25 Å². The summed E-state index contributed by atoms with van der Waals surface area (Å²) in [6.45, 7) is 2.03. The Morgan fingerprint density at radius 3 is 2.63 bits per heavy atom. The van der Waals surface area contributed by atoms with Crippen LogP contribution in [-0.4, -0.2) is 26.0 Å². The summed E-state index contributed by atoms with van der Waals surface area (Å²) in [5.41, 5.74) is 1.02. The molecule has 1 aliphatic carbocycles. The highest BCUT2D eigenvalue weighted by Crippen LogP contribution is 2.29. The molecule has 0 aliphatic heterocycles.